The van der Waals surface area contributed by atoms with E-state index in [1.807, 2.05) is 11.9 Å². The standard InChI is InChI=1S/C14H17BrFNO2/c1-17(9-14(13(18)19)5-2-6-14)8-10-7-11(15)3-4-12(10)16/h3-4,7H,2,5-6,8-9H2,1H3,(H,18,19). The first-order valence-corrected chi connectivity index (χ1v) is 7.08. The Labute approximate surface area is 120 Å². The molecule has 3 nitrogen and oxygen atoms in total. The lowest BCUT2D eigenvalue weighted by Gasteiger charge is -2.40. The summed E-state index contributed by atoms with van der Waals surface area (Å²) < 4.78 is 14.5. The van der Waals surface area contributed by atoms with E-state index in [2.05, 4.69) is 15.9 Å². The molecule has 0 unspecified atom stereocenters. The summed E-state index contributed by atoms with van der Waals surface area (Å²) in [5, 5.41) is 9.29. The van der Waals surface area contributed by atoms with Gasteiger partial charge in [0.2, 0.25) is 0 Å². The van der Waals surface area contributed by atoms with Crippen LogP contribution in [0.5, 0.6) is 0 Å². The second-order valence-electron chi connectivity index (χ2n) is 5.35. The van der Waals surface area contributed by atoms with Crippen molar-refractivity contribution in [3.63, 3.8) is 0 Å². The largest absolute Gasteiger partial charge is 0.481 e. The van der Waals surface area contributed by atoms with Crippen molar-refractivity contribution in [3.8, 4) is 0 Å². The number of nitrogens with zero attached hydrogens (tertiary/aromatic N) is 1. The predicted molar refractivity (Wildman–Crippen MR) is 74.4 cm³/mol. The molecule has 5 heteroatoms. The Morgan fingerprint density at radius 1 is 1.53 bits per heavy atom. The molecular formula is C14H17BrFNO2. The lowest BCUT2D eigenvalue weighted by atomic mass is 9.68. The van der Waals surface area contributed by atoms with Crippen molar-refractivity contribution >= 4 is 21.9 Å². The van der Waals surface area contributed by atoms with Crippen molar-refractivity contribution in [2.45, 2.75) is 25.8 Å². The minimum atomic E-state index is -0.736. The number of rotatable bonds is 5. The van der Waals surface area contributed by atoms with Gasteiger partial charge in [-0.3, -0.25) is 4.79 Å². The summed E-state index contributed by atoms with van der Waals surface area (Å²) in [5.74, 6) is -0.992. The summed E-state index contributed by atoms with van der Waals surface area (Å²) in [5.41, 5.74) is -0.0474. The zero-order valence-corrected chi connectivity index (χ0v) is 12.4. The van der Waals surface area contributed by atoms with Crippen molar-refractivity contribution in [1.29, 1.82) is 0 Å². The second kappa shape index (κ2) is 5.59. The molecule has 1 fully saturated rings. The number of benzene rings is 1. The van der Waals surface area contributed by atoms with Crippen LogP contribution in [0.2, 0.25) is 0 Å². The highest BCUT2D eigenvalue weighted by Crippen LogP contribution is 2.41. The van der Waals surface area contributed by atoms with Gasteiger partial charge in [-0.2, -0.15) is 0 Å². The lowest BCUT2D eigenvalue weighted by molar-refractivity contribution is -0.156. The van der Waals surface area contributed by atoms with Gasteiger partial charge in [-0.25, -0.2) is 4.39 Å². The third-order valence-corrected chi connectivity index (χ3v) is 4.28. The van der Waals surface area contributed by atoms with Crippen LogP contribution in [0.4, 0.5) is 4.39 Å². The summed E-state index contributed by atoms with van der Waals surface area (Å²) in [7, 11) is 1.84. The van der Waals surface area contributed by atoms with Crippen LogP contribution in [0.1, 0.15) is 24.8 Å². The Bertz CT molecular complexity index is 488. The maximum absolute atomic E-state index is 13.7. The number of halogens is 2. The molecule has 0 aromatic heterocycles. The van der Waals surface area contributed by atoms with Crippen LogP contribution >= 0.6 is 15.9 Å². The first-order chi connectivity index (χ1) is 8.93. The minimum Gasteiger partial charge on any atom is -0.481 e. The molecule has 1 saturated carbocycles. The number of hydrogen-bond acceptors (Lipinski definition) is 2. The maximum atomic E-state index is 13.7. The highest BCUT2D eigenvalue weighted by molar-refractivity contribution is 9.10. The average molecular weight is 330 g/mol. The molecule has 19 heavy (non-hydrogen) atoms. The van der Waals surface area contributed by atoms with Gasteiger partial charge in [0, 0.05) is 23.1 Å². The van der Waals surface area contributed by atoms with Crippen LogP contribution in [-0.2, 0) is 11.3 Å². The van der Waals surface area contributed by atoms with Gasteiger partial charge < -0.3 is 10.0 Å². The Morgan fingerprint density at radius 2 is 2.21 bits per heavy atom. The van der Waals surface area contributed by atoms with Crippen LogP contribution in [0.15, 0.2) is 22.7 Å². The Morgan fingerprint density at radius 3 is 2.74 bits per heavy atom. The number of aliphatic carboxylic acids is 1. The Hall–Kier alpha value is -0.940. The SMILES string of the molecule is CN(Cc1cc(Br)ccc1F)CC1(C(=O)O)CCC1. The van der Waals surface area contributed by atoms with Gasteiger partial charge >= 0.3 is 5.97 Å². The molecule has 104 valence electrons. The van der Waals surface area contributed by atoms with E-state index in [-0.39, 0.29) is 5.82 Å². The van der Waals surface area contributed by atoms with E-state index in [4.69, 9.17) is 0 Å². The van der Waals surface area contributed by atoms with Crippen LogP contribution in [-0.4, -0.2) is 29.6 Å². The Kier molecular flexibility index (Phi) is 4.26. The van der Waals surface area contributed by atoms with Gasteiger partial charge in [-0.1, -0.05) is 22.4 Å². The highest BCUT2D eigenvalue weighted by atomic mass is 79.9. The molecule has 1 N–H and O–H groups in total. The predicted octanol–water partition coefficient (Wildman–Crippen LogP) is 3.27. The fraction of sp³-hybridized carbons (Fsp3) is 0.500. The number of carboxylic acids is 1. The summed E-state index contributed by atoms with van der Waals surface area (Å²) >= 11 is 3.32. The summed E-state index contributed by atoms with van der Waals surface area (Å²) in [6, 6.07) is 4.81. The van der Waals surface area contributed by atoms with Gasteiger partial charge in [0.25, 0.3) is 0 Å². The number of carboxylic acid groups (broad SMARTS) is 1. The zero-order valence-electron chi connectivity index (χ0n) is 10.8. The molecule has 1 aliphatic rings. The summed E-state index contributed by atoms with van der Waals surface area (Å²) in [6.45, 7) is 0.884. The molecule has 0 saturated heterocycles. The smallest absolute Gasteiger partial charge is 0.310 e. The molecule has 0 aliphatic heterocycles. The molecule has 1 aromatic carbocycles. The third kappa shape index (κ3) is 3.15. The molecule has 1 aromatic rings. The monoisotopic (exact) mass is 329 g/mol. The topological polar surface area (TPSA) is 40.5 Å². The fourth-order valence-corrected chi connectivity index (χ4v) is 2.98. The summed E-state index contributed by atoms with van der Waals surface area (Å²) in [4.78, 5) is 13.2. The second-order valence-corrected chi connectivity index (χ2v) is 6.26. The van der Waals surface area contributed by atoms with E-state index in [1.54, 1.807) is 12.1 Å². The third-order valence-electron chi connectivity index (χ3n) is 3.78. The Balaban J connectivity index is 2.03. The quantitative estimate of drug-likeness (QED) is 0.901. The van der Waals surface area contributed by atoms with E-state index in [9.17, 15) is 14.3 Å². The van der Waals surface area contributed by atoms with Crippen molar-refractivity contribution in [1.82, 2.24) is 4.90 Å². The van der Waals surface area contributed by atoms with E-state index >= 15 is 0 Å². The van der Waals surface area contributed by atoms with Crippen LogP contribution in [0.25, 0.3) is 0 Å². The number of carbonyl (C=O) groups is 1. The minimum absolute atomic E-state index is 0.256. The van der Waals surface area contributed by atoms with Gasteiger partial charge in [-0.05, 0) is 38.1 Å². The van der Waals surface area contributed by atoms with Crippen molar-refractivity contribution in [2.75, 3.05) is 13.6 Å². The molecule has 0 bridgehead atoms. The molecule has 0 spiro atoms. The van der Waals surface area contributed by atoms with Crippen LogP contribution < -0.4 is 0 Å². The average Bonchev–Trinajstić information content (AvgIpc) is 2.28. The van der Waals surface area contributed by atoms with E-state index in [1.165, 1.54) is 6.07 Å². The van der Waals surface area contributed by atoms with Crippen molar-refractivity contribution in [2.24, 2.45) is 5.41 Å². The highest BCUT2D eigenvalue weighted by Gasteiger charge is 2.44. The molecule has 0 atom stereocenters. The van der Waals surface area contributed by atoms with Crippen molar-refractivity contribution < 1.29 is 14.3 Å². The molecule has 0 heterocycles. The first kappa shape index (κ1) is 14.5. The zero-order chi connectivity index (χ0) is 14.0. The molecule has 0 radical (unpaired) electrons. The van der Waals surface area contributed by atoms with Crippen LogP contribution in [0.3, 0.4) is 0 Å². The van der Waals surface area contributed by atoms with Gasteiger partial charge in [0.05, 0.1) is 5.41 Å². The van der Waals surface area contributed by atoms with E-state index in [0.717, 1.165) is 10.9 Å². The first-order valence-electron chi connectivity index (χ1n) is 6.29. The molecular weight excluding hydrogens is 313 g/mol. The van der Waals surface area contributed by atoms with Crippen molar-refractivity contribution in [3.05, 3.63) is 34.1 Å². The normalized spacial score (nSPS) is 17.3. The number of hydrogen-bond donors (Lipinski definition) is 1. The van der Waals surface area contributed by atoms with Gasteiger partial charge in [0.1, 0.15) is 5.82 Å². The molecule has 0 amide bonds. The molecule has 1 aliphatic carbocycles. The lowest BCUT2D eigenvalue weighted by Crippen LogP contribution is -2.46. The van der Waals surface area contributed by atoms with E-state index in [0.29, 0.717) is 31.5 Å². The van der Waals surface area contributed by atoms with Crippen LogP contribution in [0, 0.1) is 11.2 Å². The van der Waals surface area contributed by atoms with Gasteiger partial charge in [0.15, 0.2) is 0 Å². The maximum Gasteiger partial charge on any atom is 0.310 e. The summed E-state index contributed by atoms with van der Waals surface area (Å²) in [6.07, 6.45) is 2.40. The molecule has 2 rings (SSSR count). The van der Waals surface area contributed by atoms with Gasteiger partial charge in [-0.15, -0.1) is 0 Å². The van der Waals surface area contributed by atoms with E-state index < -0.39 is 11.4 Å². The fourth-order valence-electron chi connectivity index (χ4n) is 2.57.